The van der Waals surface area contributed by atoms with E-state index in [0.717, 1.165) is 27.4 Å². The minimum absolute atomic E-state index is 0.0575. The molecule has 0 saturated heterocycles. The molecule has 0 aromatic heterocycles. The molecule has 0 aliphatic rings. The predicted molar refractivity (Wildman–Crippen MR) is 166 cm³/mol. The van der Waals surface area contributed by atoms with E-state index in [1.165, 1.54) is 17.0 Å². The first-order valence-electron chi connectivity index (χ1n) is 13.9. The van der Waals surface area contributed by atoms with E-state index in [1.807, 2.05) is 58.9 Å². The summed E-state index contributed by atoms with van der Waals surface area (Å²) in [6, 6.07) is 18.3. The van der Waals surface area contributed by atoms with Crippen molar-refractivity contribution in [1.82, 2.24) is 10.2 Å². The molecule has 0 aliphatic heterocycles. The Hall–Kier alpha value is -3.36. The highest BCUT2D eigenvalue weighted by Crippen LogP contribution is 2.30. The van der Waals surface area contributed by atoms with E-state index in [9.17, 15) is 18.0 Å². The van der Waals surface area contributed by atoms with Gasteiger partial charge in [-0.05, 0) is 75.9 Å². The van der Waals surface area contributed by atoms with Crippen LogP contribution in [0.4, 0.5) is 5.69 Å². The van der Waals surface area contributed by atoms with E-state index in [-0.39, 0.29) is 23.4 Å². The summed E-state index contributed by atoms with van der Waals surface area (Å²) in [5, 5.41) is 3.34. The monoisotopic (exact) mass is 597 g/mol. The van der Waals surface area contributed by atoms with Gasteiger partial charge in [-0.15, -0.1) is 0 Å². The van der Waals surface area contributed by atoms with E-state index in [1.54, 1.807) is 37.3 Å². The van der Waals surface area contributed by atoms with E-state index in [2.05, 4.69) is 5.32 Å². The van der Waals surface area contributed by atoms with Gasteiger partial charge in [-0.25, -0.2) is 8.42 Å². The summed E-state index contributed by atoms with van der Waals surface area (Å²) in [7, 11) is -4.17. The Balaban J connectivity index is 2.10. The summed E-state index contributed by atoms with van der Waals surface area (Å²) in [5.74, 6) is -0.762. The molecular formula is C32H40ClN3O4S. The number of hydrogen-bond donors (Lipinski definition) is 1. The first-order valence-corrected chi connectivity index (χ1v) is 15.7. The lowest BCUT2D eigenvalue weighted by Crippen LogP contribution is -2.53. The van der Waals surface area contributed by atoms with Crippen LogP contribution in [0, 0.1) is 20.8 Å². The molecule has 3 rings (SSSR count). The van der Waals surface area contributed by atoms with Gasteiger partial charge in [0.2, 0.25) is 11.8 Å². The molecule has 0 spiro atoms. The van der Waals surface area contributed by atoms with E-state index in [4.69, 9.17) is 11.6 Å². The lowest BCUT2D eigenvalue weighted by atomic mass is 10.1. The van der Waals surface area contributed by atoms with Crippen LogP contribution in [0.25, 0.3) is 0 Å². The van der Waals surface area contributed by atoms with E-state index >= 15 is 0 Å². The maximum atomic E-state index is 14.2. The smallest absolute Gasteiger partial charge is 0.264 e. The fourth-order valence-corrected chi connectivity index (χ4v) is 6.21. The van der Waals surface area contributed by atoms with Crippen molar-refractivity contribution in [2.45, 2.75) is 77.9 Å². The first-order chi connectivity index (χ1) is 19.4. The van der Waals surface area contributed by atoms with Crippen molar-refractivity contribution in [1.29, 1.82) is 0 Å². The highest BCUT2D eigenvalue weighted by atomic mass is 35.5. The highest BCUT2D eigenvalue weighted by Gasteiger charge is 2.34. The number of rotatable bonds is 12. The first kappa shape index (κ1) is 32.2. The highest BCUT2D eigenvalue weighted by molar-refractivity contribution is 7.92. The van der Waals surface area contributed by atoms with Gasteiger partial charge in [-0.2, -0.15) is 0 Å². The normalized spacial score (nSPS) is 12.9. The summed E-state index contributed by atoms with van der Waals surface area (Å²) >= 11 is 6.31. The van der Waals surface area contributed by atoms with Gasteiger partial charge < -0.3 is 10.2 Å². The molecule has 2 atom stereocenters. The minimum Gasteiger partial charge on any atom is -0.352 e. The van der Waals surface area contributed by atoms with Crippen molar-refractivity contribution in [2.75, 3.05) is 10.8 Å². The fourth-order valence-electron chi connectivity index (χ4n) is 4.57. The van der Waals surface area contributed by atoms with Crippen LogP contribution >= 0.6 is 11.6 Å². The van der Waals surface area contributed by atoms with Gasteiger partial charge in [0.15, 0.2) is 0 Å². The molecule has 9 heteroatoms. The molecular weight excluding hydrogens is 558 g/mol. The van der Waals surface area contributed by atoms with Crippen LogP contribution in [-0.2, 0) is 26.2 Å². The summed E-state index contributed by atoms with van der Waals surface area (Å²) < 4.78 is 29.2. The summed E-state index contributed by atoms with van der Waals surface area (Å²) in [5.41, 5.74) is 3.72. The van der Waals surface area contributed by atoms with Crippen LogP contribution in [0.15, 0.2) is 71.6 Å². The standard InChI is InChI=1S/C32H40ClN3O4S/c1-7-25(6)34-32(38)29(8-2)35(20-26-11-9-10-23(4)18-26)31(37)21-36(30-19-27(33)15-14-24(30)5)41(39,40)28-16-12-22(3)13-17-28/h9-19,25,29H,7-8,20-21H2,1-6H3,(H,34,38)/t25-,29+/m1/s1. The van der Waals surface area contributed by atoms with Crippen molar-refractivity contribution in [3.63, 3.8) is 0 Å². The number of benzene rings is 3. The van der Waals surface area contributed by atoms with E-state index in [0.29, 0.717) is 22.7 Å². The van der Waals surface area contributed by atoms with Crippen molar-refractivity contribution in [2.24, 2.45) is 0 Å². The maximum absolute atomic E-state index is 14.2. The molecule has 0 radical (unpaired) electrons. The topological polar surface area (TPSA) is 86.8 Å². The molecule has 1 N–H and O–H groups in total. The molecule has 0 saturated carbocycles. The van der Waals surface area contributed by atoms with Crippen LogP contribution in [-0.4, -0.2) is 43.8 Å². The zero-order valence-corrected chi connectivity index (χ0v) is 26.2. The lowest BCUT2D eigenvalue weighted by molar-refractivity contribution is -0.140. The van der Waals surface area contributed by atoms with Crippen LogP contribution in [0.2, 0.25) is 5.02 Å². The van der Waals surface area contributed by atoms with Gasteiger partial charge in [0.05, 0.1) is 10.6 Å². The number of anilines is 1. The summed E-state index contributed by atoms with van der Waals surface area (Å²) in [4.78, 5) is 29.2. The van der Waals surface area contributed by atoms with Gasteiger partial charge in [0, 0.05) is 17.6 Å². The summed E-state index contributed by atoms with van der Waals surface area (Å²) in [6.45, 7) is 11.0. The number of carbonyl (C=O) groups is 2. The molecule has 41 heavy (non-hydrogen) atoms. The number of halogens is 1. The SMILES string of the molecule is CC[C@@H](C)NC(=O)[C@H](CC)N(Cc1cccc(C)c1)C(=O)CN(c1cc(Cl)ccc1C)S(=O)(=O)c1ccc(C)cc1. The fraction of sp³-hybridized carbons (Fsp3) is 0.375. The Bertz CT molecular complexity index is 1470. The van der Waals surface area contributed by atoms with Crippen molar-refractivity contribution in [3.05, 3.63) is 94.0 Å². The number of nitrogens with zero attached hydrogens (tertiary/aromatic N) is 2. The van der Waals surface area contributed by atoms with Crippen molar-refractivity contribution in [3.8, 4) is 0 Å². The predicted octanol–water partition coefficient (Wildman–Crippen LogP) is 6.18. The molecule has 0 fully saturated rings. The number of carbonyl (C=O) groups excluding carboxylic acids is 2. The van der Waals surface area contributed by atoms with E-state index < -0.39 is 28.5 Å². The van der Waals surface area contributed by atoms with Crippen LogP contribution in [0.3, 0.4) is 0 Å². The van der Waals surface area contributed by atoms with Crippen molar-refractivity contribution >= 4 is 39.1 Å². The third-order valence-corrected chi connectivity index (χ3v) is 9.16. The number of aryl methyl sites for hydroxylation is 3. The number of hydrogen-bond acceptors (Lipinski definition) is 4. The van der Waals surface area contributed by atoms with Gasteiger partial charge in [-0.3, -0.25) is 13.9 Å². The molecule has 0 aliphatic carbocycles. The molecule has 0 unspecified atom stereocenters. The molecule has 0 heterocycles. The molecule has 7 nitrogen and oxygen atoms in total. The molecule has 220 valence electrons. The summed E-state index contributed by atoms with van der Waals surface area (Å²) in [6.07, 6.45) is 1.10. The average molecular weight is 598 g/mol. The quantitative estimate of drug-likeness (QED) is 0.270. The number of sulfonamides is 1. The molecule has 2 amide bonds. The largest absolute Gasteiger partial charge is 0.352 e. The zero-order valence-electron chi connectivity index (χ0n) is 24.6. The lowest BCUT2D eigenvalue weighted by Gasteiger charge is -2.34. The Labute approximate surface area is 249 Å². The van der Waals surface area contributed by atoms with Gasteiger partial charge in [0.25, 0.3) is 10.0 Å². The molecule has 3 aromatic rings. The Morgan fingerprint density at radius 3 is 2.20 bits per heavy atom. The average Bonchev–Trinajstić information content (AvgIpc) is 2.93. The Kier molecular flexibility index (Phi) is 11.0. The Morgan fingerprint density at radius 2 is 1.59 bits per heavy atom. The maximum Gasteiger partial charge on any atom is 0.264 e. The van der Waals surface area contributed by atoms with Gasteiger partial charge in [0.1, 0.15) is 12.6 Å². The van der Waals surface area contributed by atoms with Gasteiger partial charge in [-0.1, -0.05) is 79.0 Å². The third kappa shape index (κ3) is 8.11. The second-order valence-electron chi connectivity index (χ2n) is 10.5. The zero-order chi connectivity index (χ0) is 30.3. The van der Waals surface area contributed by atoms with Crippen LogP contribution in [0.5, 0.6) is 0 Å². The second kappa shape index (κ2) is 14.0. The second-order valence-corrected chi connectivity index (χ2v) is 12.8. The van der Waals surface area contributed by atoms with Crippen LogP contribution in [0.1, 0.15) is 55.9 Å². The Morgan fingerprint density at radius 1 is 0.902 bits per heavy atom. The number of nitrogens with one attached hydrogen (secondary N) is 1. The molecule has 0 bridgehead atoms. The number of amides is 2. The van der Waals surface area contributed by atoms with Crippen molar-refractivity contribution < 1.29 is 18.0 Å². The van der Waals surface area contributed by atoms with Gasteiger partial charge >= 0.3 is 0 Å². The minimum atomic E-state index is -4.17. The third-order valence-electron chi connectivity index (χ3n) is 7.15. The van der Waals surface area contributed by atoms with Crippen LogP contribution < -0.4 is 9.62 Å². The molecule has 3 aromatic carbocycles.